The zero-order valence-corrected chi connectivity index (χ0v) is 10.4. The number of rotatable bonds is 9. The third-order valence-electron chi connectivity index (χ3n) is 3.03. The summed E-state index contributed by atoms with van der Waals surface area (Å²) in [7, 11) is 0. The van der Waals surface area contributed by atoms with Gasteiger partial charge in [-0.25, -0.2) is 0 Å². The molecule has 4 nitrogen and oxygen atoms in total. The molecule has 0 aromatic heterocycles. The number of nitrogens with two attached hydrogens (primary N) is 1. The van der Waals surface area contributed by atoms with Gasteiger partial charge in [0.1, 0.15) is 0 Å². The van der Waals surface area contributed by atoms with Gasteiger partial charge in [-0.15, -0.1) is 0 Å². The maximum absolute atomic E-state index is 11.4. The normalized spacial score (nSPS) is 19.4. The Labute approximate surface area is 97.9 Å². The summed E-state index contributed by atoms with van der Waals surface area (Å²) in [6.07, 6.45) is 5.17. The van der Waals surface area contributed by atoms with Crippen LogP contribution in [-0.4, -0.2) is 30.7 Å². The van der Waals surface area contributed by atoms with Gasteiger partial charge in [0.15, 0.2) is 0 Å². The summed E-state index contributed by atoms with van der Waals surface area (Å²) in [4.78, 5) is 11.4. The van der Waals surface area contributed by atoms with Crippen molar-refractivity contribution in [2.24, 2.45) is 5.73 Å². The molecular formula is C12H24N2O2. The van der Waals surface area contributed by atoms with Crippen LogP contribution >= 0.6 is 0 Å². The van der Waals surface area contributed by atoms with E-state index in [0.29, 0.717) is 19.1 Å². The predicted octanol–water partition coefficient (Wildman–Crippen LogP) is 1.19. The molecule has 0 bridgehead atoms. The largest absolute Gasteiger partial charge is 0.381 e. The standard InChI is InChI=1S/C12H24N2O2/c1-3-4-8-16-9-7-12(2,11(13)15)14-10-5-6-10/h10,14H,3-9H2,1-2H3,(H2,13,15). The van der Waals surface area contributed by atoms with Gasteiger partial charge in [-0.1, -0.05) is 13.3 Å². The Morgan fingerprint density at radius 2 is 2.19 bits per heavy atom. The van der Waals surface area contributed by atoms with Crippen LogP contribution < -0.4 is 11.1 Å². The first kappa shape index (κ1) is 13.5. The van der Waals surface area contributed by atoms with E-state index in [9.17, 15) is 4.79 Å². The molecule has 1 rings (SSSR count). The molecule has 0 spiro atoms. The predicted molar refractivity (Wildman–Crippen MR) is 64.1 cm³/mol. The minimum atomic E-state index is -0.604. The molecule has 0 aromatic carbocycles. The van der Waals surface area contributed by atoms with Crippen LogP contribution in [0.1, 0.15) is 46.0 Å². The maximum atomic E-state index is 11.4. The van der Waals surface area contributed by atoms with E-state index < -0.39 is 5.54 Å². The lowest BCUT2D eigenvalue weighted by Crippen LogP contribution is -2.54. The third-order valence-corrected chi connectivity index (χ3v) is 3.03. The van der Waals surface area contributed by atoms with E-state index >= 15 is 0 Å². The molecule has 0 heterocycles. The average Bonchev–Trinajstić information content (AvgIpc) is 3.01. The topological polar surface area (TPSA) is 64.3 Å². The van der Waals surface area contributed by atoms with Crippen molar-refractivity contribution >= 4 is 5.91 Å². The molecular weight excluding hydrogens is 204 g/mol. The van der Waals surface area contributed by atoms with Crippen molar-refractivity contribution in [3.05, 3.63) is 0 Å². The van der Waals surface area contributed by atoms with Gasteiger partial charge in [0.25, 0.3) is 0 Å². The number of hydrogen-bond donors (Lipinski definition) is 2. The Hall–Kier alpha value is -0.610. The lowest BCUT2D eigenvalue weighted by molar-refractivity contribution is -0.124. The van der Waals surface area contributed by atoms with Crippen LogP contribution in [0.3, 0.4) is 0 Å². The molecule has 1 amide bonds. The summed E-state index contributed by atoms with van der Waals surface area (Å²) < 4.78 is 5.47. The fourth-order valence-electron chi connectivity index (χ4n) is 1.57. The Morgan fingerprint density at radius 1 is 1.50 bits per heavy atom. The van der Waals surface area contributed by atoms with Gasteiger partial charge in [0.05, 0.1) is 5.54 Å². The number of carbonyl (C=O) groups is 1. The lowest BCUT2D eigenvalue weighted by Gasteiger charge is -2.27. The molecule has 0 aliphatic heterocycles. The summed E-state index contributed by atoms with van der Waals surface area (Å²) >= 11 is 0. The molecule has 4 heteroatoms. The van der Waals surface area contributed by atoms with Gasteiger partial charge in [-0.2, -0.15) is 0 Å². The van der Waals surface area contributed by atoms with Crippen LogP contribution in [0.15, 0.2) is 0 Å². The second kappa shape index (κ2) is 6.21. The van der Waals surface area contributed by atoms with Crippen LogP contribution in [0.5, 0.6) is 0 Å². The summed E-state index contributed by atoms with van der Waals surface area (Å²) in [5.41, 5.74) is 4.83. The Bertz CT molecular complexity index is 229. The smallest absolute Gasteiger partial charge is 0.237 e. The molecule has 1 unspecified atom stereocenters. The van der Waals surface area contributed by atoms with Crippen LogP contribution in [0.25, 0.3) is 0 Å². The van der Waals surface area contributed by atoms with Crippen LogP contribution in [0, 0.1) is 0 Å². The highest BCUT2D eigenvalue weighted by Crippen LogP contribution is 2.23. The average molecular weight is 228 g/mol. The molecule has 0 aromatic rings. The third kappa shape index (κ3) is 4.49. The Balaban J connectivity index is 2.23. The van der Waals surface area contributed by atoms with Crippen molar-refractivity contribution in [3.8, 4) is 0 Å². The lowest BCUT2D eigenvalue weighted by atomic mass is 9.97. The van der Waals surface area contributed by atoms with Crippen molar-refractivity contribution in [1.82, 2.24) is 5.32 Å². The van der Waals surface area contributed by atoms with Crippen LogP contribution in [0.2, 0.25) is 0 Å². The van der Waals surface area contributed by atoms with E-state index in [0.717, 1.165) is 32.3 Å². The number of nitrogens with one attached hydrogen (secondary N) is 1. The Kier molecular flexibility index (Phi) is 5.22. The molecule has 1 saturated carbocycles. The minimum absolute atomic E-state index is 0.279. The Morgan fingerprint density at radius 3 is 2.69 bits per heavy atom. The van der Waals surface area contributed by atoms with Crippen molar-refractivity contribution in [2.75, 3.05) is 13.2 Å². The monoisotopic (exact) mass is 228 g/mol. The van der Waals surface area contributed by atoms with Crippen molar-refractivity contribution in [2.45, 2.75) is 57.5 Å². The van der Waals surface area contributed by atoms with E-state index in [1.807, 2.05) is 6.92 Å². The summed E-state index contributed by atoms with van der Waals surface area (Å²) in [6, 6.07) is 0.480. The molecule has 0 radical (unpaired) electrons. The first-order valence-electron chi connectivity index (χ1n) is 6.24. The number of unbranched alkanes of at least 4 members (excludes halogenated alkanes) is 1. The SMILES string of the molecule is CCCCOCCC(C)(NC1CC1)C(N)=O. The van der Waals surface area contributed by atoms with Crippen molar-refractivity contribution in [3.63, 3.8) is 0 Å². The fraction of sp³-hybridized carbons (Fsp3) is 0.917. The fourth-order valence-corrected chi connectivity index (χ4v) is 1.57. The molecule has 1 aliphatic carbocycles. The van der Waals surface area contributed by atoms with Gasteiger partial charge >= 0.3 is 0 Å². The molecule has 16 heavy (non-hydrogen) atoms. The second-order valence-electron chi connectivity index (χ2n) is 4.83. The summed E-state index contributed by atoms with van der Waals surface area (Å²) in [5, 5.41) is 3.30. The van der Waals surface area contributed by atoms with Crippen LogP contribution in [0.4, 0.5) is 0 Å². The number of ether oxygens (including phenoxy) is 1. The number of primary amides is 1. The van der Waals surface area contributed by atoms with E-state index in [1.165, 1.54) is 0 Å². The molecule has 0 saturated heterocycles. The first-order valence-corrected chi connectivity index (χ1v) is 6.24. The number of hydrogen-bond acceptors (Lipinski definition) is 3. The first-order chi connectivity index (χ1) is 7.58. The molecule has 94 valence electrons. The van der Waals surface area contributed by atoms with Crippen LogP contribution in [-0.2, 0) is 9.53 Å². The minimum Gasteiger partial charge on any atom is -0.381 e. The number of amides is 1. The van der Waals surface area contributed by atoms with E-state index in [2.05, 4.69) is 12.2 Å². The number of carbonyl (C=O) groups excluding carboxylic acids is 1. The van der Waals surface area contributed by atoms with Gasteiger partial charge in [-0.3, -0.25) is 4.79 Å². The summed E-state index contributed by atoms with van der Waals surface area (Å²) in [6.45, 7) is 5.37. The zero-order chi connectivity index (χ0) is 12.0. The highest BCUT2D eigenvalue weighted by molar-refractivity contribution is 5.84. The van der Waals surface area contributed by atoms with Crippen molar-refractivity contribution < 1.29 is 9.53 Å². The molecule has 1 aliphatic rings. The highest BCUT2D eigenvalue weighted by atomic mass is 16.5. The van der Waals surface area contributed by atoms with Crippen molar-refractivity contribution in [1.29, 1.82) is 0 Å². The van der Waals surface area contributed by atoms with Gasteiger partial charge in [-0.05, 0) is 32.6 Å². The van der Waals surface area contributed by atoms with Gasteiger partial charge < -0.3 is 15.8 Å². The second-order valence-corrected chi connectivity index (χ2v) is 4.83. The molecule has 3 N–H and O–H groups in total. The van der Waals surface area contributed by atoms with Gasteiger partial charge in [0, 0.05) is 19.3 Å². The molecule has 1 atom stereocenters. The van der Waals surface area contributed by atoms with E-state index in [1.54, 1.807) is 0 Å². The van der Waals surface area contributed by atoms with E-state index in [-0.39, 0.29) is 5.91 Å². The maximum Gasteiger partial charge on any atom is 0.237 e. The zero-order valence-electron chi connectivity index (χ0n) is 10.4. The molecule has 1 fully saturated rings. The van der Waals surface area contributed by atoms with E-state index in [4.69, 9.17) is 10.5 Å². The summed E-state index contributed by atoms with van der Waals surface area (Å²) in [5.74, 6) is -0.279. The highest BCUT2D eigenvalue weighted by Gasteiger charge is 2.36. The van der Waals surface area contributed by atoms with Gasteiger partial charge in [0.2, 0.25) is 5.91 Å². The quantitative estimate of drug-likeness (QED) is 0.583.